The lowest BCUT2D eigenvalue weighted by atomic mass is 10.1. The zero-order valence-electron chi connectivity index (χ0n) is 10.1. The Labute approximate surface area is 115 Å². The molecule has 0 bridgehead atoms. The fourth-order valence-corrected chi connectivity index (χ4v) is 1.42. The van der Waals surface area contributed by atoms with Crippen LogP contribution >= 0.6 is 12.4 Å². The van der Waals surface area contributed by atoms with Gasteiger partial charge in [-0.1, -0.05) is 30.3 Å². The Morgan fingerprint density at radius 3 is 2.37 bits per heavy atom. The van der Waals surface area contributed by atoms with Crippen LogP contribution in [0.15, 0.2) is 30.3 Å². The molecule has 0 radical (unpaired) electrons. The molecule has 1 aromatic carbocycles. The maximum Gasteiger partial charge on any atom is 0.390 e. The summed E-state index contributed by atoms with van der Waals surface area (Å²) in [4.78, 5) is 11.4. The average molecular weight is 297 g/mol. The van der Waals surface area contributed by atoms with Crippen molar-refractivity contribution in [2.75, 3.05) is 6.54 Å². The fraction of sp³-hybridized carbons (Fsp3) is 0.417. The van der Waals surface area contributed by atoms with E-state index in [1.165, 1.54) is 0 Å². The summed E-state index contributed by atoms with van der Waals surface area (Å²) in [5.74, 6) is -0.567. The highest BCUT2D eigenvalue weighted by molar-refractivity contribution is 5.85. The van der Waals surface area contributed by atoms with Crippen LogP contribution in [0.3, 0.4) is 0 Å². The topological polar surface area (TPSA) is 55.1 Å². The van der Waals surface area contributed by atoms with Crippen molar-refractivity contribution in [3.05, 3.63) is 35.9 Å². The average Bonchev–Trinajstić information content (AvgIpc) is 2.28. The molecule has 1 atom stereocenters. The number of nitrogens with two attached hydrogens (primary N) is 1. The Kier molecular flexibility index (Phi) is 7.48. The van der Waals surface area contributed by atoms with Crippen molar-refractivity contribution in [2.24, 2.45) is 5.73 Å². The number of halogens is 4. The summed E-state index contributed by atoms with van der Waals surface area (Å²) in [6.45, 7) is -0.440. The largest absolute Gasteiger partial charge is 0.390 e. The molecular formula is C12H16ClF3N2O. The highest BCUT2D eigenvalue weighted by Crippen LogP contribution is 2.18. The molecule has 0 aliphatic carbocycles. The number of nitrogens with one attached hydrogen (secondary N) is 1. The highest BCUT2D eigenvalue weighted by Gasteiger charge is 2.27. The van der Waals surface area contributed by atoms with E-state index in [1.807, 2.05) is 30.3 Å². The molecular weight excluding hydrogens is 281 g/mol. The van der Waals surface area contributed by atoms with Crippen LogP contribution in [0, 0.1) is 0 Å². The van der Waals surface area contributed by atoms with Gasteiger partial charge in [-0.05, 0) is 12.0 Å². The quantitative estimate of drug-likeness (QED) is 0.874. The highest BCUT2D eigenvalue weighted by atomic mass is 35.5. The van der Waals surface area contributed by atoms with Gasteiger partial charge < -0.3 is 11.1 Å². The van der Waals surface area contributed by atoms with E-state index in [-0.39, 0.29) is 12.4 Å². The number of hydrogen-bond donors (Lipinski definition) is 2. The zero-order valence-corrected chi connectivity index (χ0v) is 10.9. The molecule has 1 amide bonds. The summed E-state index contributed by atoms with van der Waals surface area (Å²) < 4.78 is 35.6. The van der Waals surface area contributed by atoms with Crippen molar-refractivity contribution < 1.29 is 18.0 Å². The van der Waals surface area contributed by atoms with Crippen molar-refractivity contribution in [2.45, 2.75) is 25.1 Å². The first-order chi connectivity index (χ1) is 8.38. The van der Waals surface area contributed by atoms with E-state index >= 15 is 0 Å². The summed E-state index contributed by atoms with van der Waals surface area (Å²) >= 11 is 0. The van der Waals surface area contributed by atoms with Crippen molar-refractivity contribution in [1.82, 2.24) is 5.32 Å². The van der Waals surface area contributed by atoms with E-state index in [0.29, 0.717) is 6.42 Å². The molecule has 0 heterocycles. The summed E-state index contributed by atoms with van der Waals surface area (Å²) in [5, 5.41) is 2.18. The van der Waals surface area contributed by atoms with Gasteiger partial charge in [-0.2, -0.15) is 13.2 Å². The molecule has 0 unspecified atom stereocenters. The molecule has 3 nitrogen and oxygen atoms in total. The summed E-state index contributed by atoms with van der Waals surface area (Å²) in [5.41, 5.74) is 6.48. The van der Waals surface area contributed by atoms with Gasteiger partial charge in [0.2, 0.25) is 5.91 Å². The van der Waals surface area contributed by atoms with E-state index in [9.17, 15) is 18.0 Å². The van der Waals surface area contributed by atoms with Crippen LogP contribution in [-0.4, -0.2) is 24.7 Å². The Hall–Kier alpha value is -1.27. The minimum Gasteiger partial charge on any atom is -0.354 e. The molecule has 1 rings (SSSR count). The molecule has 0 aliphatic heterocycles. The molecule has 0 saturated carbocycles. The first-order valence-corrected chi connectivity index (χ1v) is 5.52. The molecule has 1 aromatic rings. The summed E-state index contributed by atoms with van der Waals surface area (Å²) in [6, 6.07) is 8.23. The normalized spacial score (nSPS) is 12.4. The molecule has 0 saturated heterocycles. The number of rotatable bonds is 5. The van der Waals surface area contributed by atoms with Gasteiger partial charge in [0.25, 0.3) is 0 Å². The fourth-order valence-electron chi connectivity index (χ4n) is 1.42. The van der Waals surface area contributed by atoms with Crippen LogP contribution in [-0.2, 0) is 11.2 Å². The third-order valence-electron chi connectivity index (χ3n) is 2.34. The Morgan fingerprint density at radius 1 is 1.26 bits per heavy atom. The first-order valence-electron chi connectivity index (χ1n) is 5.52. The van der Waals surface area contributed by atoms with Gasteiger partial charge in [-0.15, -0.1) is 12.4 Å². The number of hydrogen-bond acceptors (Lipinski definition) is 2. The molecule has 108 valence electrons. The standard InChI is InChI=1S/C12H15F3N2O.ClH/c13-12(14,15)6-7-17-11(18)10(16)8-9-4-2-1-3-5-9;/h1-5,10H,6-8,16H2,(H,17,18);1H/t10-;/m0./s1. The summed E-state index contributed by atoms with van der Waals surface area (Å²) in [6.07, 6.45) is -5.01. The second-order valence-corrected chi connectivity index (χ2v) is 3.95. The van der Waals surface area contributed by atoms with Crippen LogP contribution in [0.5, 0.6) is 0 Å². The van der Waals surface area contributed by atoms with Gasteiger partial charge in [-0.3, -0.25) is 4.79 Å². The zero-order chi connectivity index (χ0) is 13.6. The second-order valence-electron chi connectivity index (χ2n) is 3.95. The number of carbonyl (C=O) groups is 1. The Balaban J connectivity index is 0.00000324. The molecule has 0 fully saturated rings. The predicted octanol–water partition coefficient (Wildman–Crippen LogP) is 2.05. The lowest BCUT2D eigenvalue weighted by Crippen LogP contribution is -2.43. The minimum atomic E-state index is -4.27. The molecule has 0 spiro atoms. The monoisotopic (exact) mass is 296 g/mol. The van der Waals surface area contributed by atoms with Crippen molar-refractivity contribution >= 4 is 18.3 Å². The van der Waals surface area contributed by atoms with E-state index in [2.05, 4.69) is 5.32 Å². The number of alkyl halides is 3. The smallest absolute Gasteiger partial charge is 0.354 e. The van der Waals surface area contributed by atoms with Crippen LogP contribution < -0.4 is 11.1 Å². The van der Waals surface area contributed by atoms with Crippen LogP contribution in [0.2, 0.25) is 0 Å². The maximum atomic E-state index is 11.9. The number of benzene rings is 1. The predicted molar refractivity (Wildman–Crippen MR) is 69.1 cm³/mol. The van der Waals surface area contributed by atoms with Gasteiger partial charge in [-0.25, -0.2) is 0 Å². The third kappa shape index (κ3) is 7.69. The molecule has 7 heteroatoms. The molecule has 0 aromatic heterocycles. The van der Waals surface area contributed by atoms with Crippen LogP contribution in [0.1, 0.15) is 12.0 Å². The van der Waals surface area contributed by atoms with Gasteiger partial charge in [0, 0.05) is 6.54 Å². The summed E-state index contributed by atoms with van der Waals surface area (Å²) in [7, 11) is 0. The van der Waals surface area contributed by atoms with Gasteiger partial charge in [0.15, 0.2) is 0 Å². The molecule has 3 N–H and O–H groups in total. The van der Waals surface area contributed by atoms with Crippen LogP contribution in [0.4, 0.5) is 13.2 Å². The lowest BCUT2D eigenvalue weighted by molar-refractivity contribution is -0.135. The van der Waals surface area contributed by atoms with Gasteiger partial charge >= 0.3 is 6.18 Å². The van der Waals surface area contributed by atoms with Crippen molar-refractivity contribution in [3.63, 3.8) is 0 Å². The third-order valence-corrected chi connectivity index (χ3v) is 2.34. The van der Waals surface area contributed by atoms with E-state index in [4.69, 9.17) is 5.73 Å². The van der Waals surface area contributed by atoms with Gasteiger partial charge in [0.05, 0.1) is 12.5 Å². The number of amides is 1. The SMILES string of the molecule is Cl.N[C@@H](Cc1ccccc1)C(=O)NCCC(F)(F)F. The van der Waals surface area contributed by atoms with Crippen molar-refractivity contribution in [1.29, 1.82) is 0 Å². The van der Waals surface area contributed by atoms with E-state index in [1.54, 1.807) is 0 Å². The molecule has 0 aliphatic rings. The van der Waals surface area contributed by atoms with E-state index in [0.717, 1.165) is 5.56 Å². The lowest BCUT2D eigenvalue weighted by Gasteiger charge is -2.13. The Bertz CT molecular complexity index is 384. The van der Waals surface area contributed by atoms with Crippen molar-refractivity contribution in [3.8, 4) is 0 Å². The van der Waals surface area contributed by atoms with Crippen LogP contribution in [0.25, 0.3) is 0 Å². The van der Waals surface area contributed by atoms with E-state index < -0.39 is 31.1 Å². The maximum absolute atomic E-state index is 11.9. The first kappa shape index (κ1) is 17.7. The second kappa shape index (κ2) is 8.01. The number of carbonyl (C=O) groups excluding carboxylic acids is 1. The van der Waals surface area contributed by atoms with Gasteiger partial charge in [0.1, 0.15) is 0 Å². The molecule has 19 heavy (non-hydrogen) atoms. The Morgan fingerprint density at radius 2 is 1.84 bits per heavy atom. The minimum absolute atomic E-state index is 0.